The van der Waals surface area contributed by atoms with Gasteiger partial charge in [0.05, 0.1) is 6.42 Å². The van der Waals surface area contributed by atoms with Crippen LogP contribution in [0.15, 0.2) is 30.3 Å². The lowest BCUT2D eigenvalue weighted by Crippen LogP contribution is -2.47. The highest BCUT2D eigenvalue weighted by atomic mass is 19.4. The summed E-state index contributed by atoms with van der Waals surface area (Å²) in [5, 5.41) is 9.73. The number of likely N-dealkylation sites (N-methyl/N-ethyl adjacent to an activating group) is 1. The average Bonchev–Trinajstić information content (AvgIpc) is 3.29. The largest absolute Gasteiger partial charge is 0.573 e. The Balaban J connectivity index is 1.74. The summed E-state index contributed by atoms with van der Waals surface area (Å²) in [6, 6.07) is 6.53. The number of rotatable bonds is 9. The minimum atomic E-state index is -4.82. The smallest absolute Gasteiger partial charge is 0.489 e. The van der Waals surface area contributed by atoms with Gasteiger partial charge < -0.3 is 24.2 Å². The number of fused-ring (bicyclic) bond motifs is 1. The number of amides is 2. The van der Waals surface area contributed by atoms with E-state index in [9.17, 15) is 32.7 Å². The lowest BCUT2D eigenvalue weighted by atomic mass is 10.0. The summed E-state index contributed by atoms with van der Waals surface area (Å²) in [5.74, 6) is -1.74. The first-order chi connectivity index (χ1) is 19.4. The van der Waals surface area contributed by atoms with E-state index in [0.717, 1.165) is 16.0 Å². The molecule has 1 aliphatic heterocycles. The Bertz CT molecular complexity index is 1340. The van der Waals surface area contributed by atoms with Gasteiger partial charge in [-0.1, -0.05) is 26.0 Å². The van der Waals surface area contributed by atoms with Crippen LogP contribution in [0.3, 0.4) is 0 Å². The molecule has 1 heterocycles. The van der Waals surface area contributed by atoms with Gasteiger partial charge in [0.25, 0.3) is 0 Å². The molecule has 0 aliphatic carbocycles. The lowest BCUT2D eigenvalue weighted by Gasteiger charge is -2.29. The zero-order valence-corrected chi connectivity index (χ0v) is 24.8. The molecule has 0 fully saturated rings. The van der Waals surface area contributed by atoms with Gasteiger partial charge in [0.2, 0.25) is 5.91 Å². The van der Waals surface area contributed by atoms with Crippen LogP contribution in [0, 0.1) is 6.92 Å². The second-order valence-corrected chi connectivity index (χ2v) is 11.5. The second-order valence-electron chi connectivity index (χ2n) is 11.5. The first kappa shape index (κ1) is 32.6. The topological polar surface area (TPSA) is 106 Å². The van der Waals surface area contributed by atoms with Crippen molar-refractivity contribution in [2.45, 2.75) is 84.9 Å². The Morgan fingerprint density at radius 3 is 2.31 bits per heavy atom. The number of nitrogens with zero attached hydrogens (tertiary/aromatic N) is 2. The summed E-state index contributed by atoms with van der Waals surface area (Å²) in [7, 11) is 1.28. The number of benzene rings is 2. The van der Waals surface area contributed by atoms with Gasteiger partial charge in [0, 0.05) is 19.3 Å². The van der Waals surface area contributed by atoms with Crippen LogP contribution < -0.4 is 14.4 Å². The average molecular weight is 595 g/mol. The third-order valence-corrected chi connectivity index (χ3v) is 6.82. The number of aliphatic carboxylic acids is 1. The number of carboxylic acid groups (broad SMARTS) is 1. The molecular weight excluding hydrogens is 557 g/mol. The van der Waals surface area contributed by atoms with Crippen molar-refractivity contribution >= 4 is 23.7 Å². The fourth-order valence-electron chi connectivity index (χ4n) is 4.70. The number of halogens is 3. The van der Waals surface area contributed by atoms with E-state index < -0.39 is 42.4 Å². The first-order valence-electron chi connectivity index (χ1n) is 13.5. The van der Waals surface area contributed by atoms with Crippen LogP contribution in [0.4, 0.5) is 23.7 Å². The molecule has 230 valence electrons. The quantitative estimate of drug-likeness (QED) is 0.369. The van der Waals surface area contributed by atoms with Crippen LogP contribution in [-0.2, 0) is 27.4 Å². The van der Waals surface area contributed by atoms with Crippen molar-refractivity contribution < 1.29 is 46.9 Å². The molecule has 9 nitrogen and oxygen atoms in total. The van der Waals surface area contributed by atoms with Gasteiger partial charge in [-0.3, -0.25) is 9.69 Å². The summed E-state index contributed by atoms with van der Waals surface area (Å²) in [6.45, 7) is 10.6. The molecule has 3 rings (SSSR count). The van der Waals surface area contributed by atoms with Gasteiger partial charge in [-0.2, -0.15) is 0 Å². The van der Waals surface area contributed by atoms with E-state index in [1.165, 1.54) is 18.0 Å². The van der Waals surface area contributed by atoms with Crippen molar-refractivity contribution in [3.05, 3.63) is 52.6 Å². The van der Waals surface area contributed by atoms with Crippen LogP contribution >= 0.6 is 0 Å². The van der Waals surface area contributed by atoms with E-state index in [-0.39, 0.29) is 18.3 Å². The SMILES string of the molecule is Cc1c(OCc2ccc(C(C)C)c(OC(F)(F)F)c2)ccc2c1CCN2C(=O)CC(C(=O)O)N(C)C(=O)OC(C)(C)C. The summed E-state index contributed by atoms with van der Waals surface area (Å²) in [4.78, 5) is 40.0. The van der Waals surface area contributed by atoms with Crippen molar-refractivity contribution in [3.8, 4) is 11.5 Å². The molecule has 42 heavy (non-hydrogen) atoms. The molecule has 0 saturated heterocycles. The zero-order valence-electron chi connectivity index (χ0n) is 24.8. The van der Waals surface area contributed by atoms with Gasteiger partial charge >= 0.3 is 18.4 Å². The number of ether oxygens (including phenoxy) is 3. The van der Waals surface area contributed by atoms with Crippen LogP contribution in [0.25, 0.3) is 0 Å². The Hall–Kier alpha value is -3.96. The Morgan fingerprint density at radius 1 is 1.07 bits per heavy atom. The minimum absolute atomic E-state index is 0.00778. The normalized spacial score (nSPS) is 13.9. The van der Waals surface area contributed by atoms with Crippen molar-refractivity contribution in [2.24, 2.45) is 0 Å². The number of hydrogen-bond donors (Lipinski definition) is 1. The molecule has 2 aromatic carbocycles. The predicted molar refractivity (Wildman–Crippen MR) is 149 cm³/mol. The van der Waals surface area contributed by atoms with Crippen LogP contribution in [0.5, 0.6) is 11.5 Å². The fraction of sp³-hybridized carbons (Fsp3) is 0.500. The number of alkyl halides is 3. The highest BCUT2D eigenvalue weighted by Gasteiger charge is 2.36. The first-order valence-corrected chi connectivity index (χ1v) is 13.5. The second kappa shape index (κ2) is 12.5. The molecule has 0 radical (unpaired) electrons. The van der Waals surface area contributed by atoms with Gasteiger partial charge in [-0.25, -0.2) is 9.59 Å². The van der Waals surface area contributed by atoms with Crippen LogP contribution in [-0.4, -0.2) is 59.6 Å². The van der Waals surface area contributed by atoms with E-state index in [1.807, 2.05) is 6.92 Å². The summed E-state index contributed by atoms with van der Waals surface area (Å²) in [6.07, 6.45) is -5.62. The van der Waals surface area contributed by atoms with Crippen molar-refractivity contribution in [2.75, 3.05) is 18.5 Å². The third kappa shape index (κ3) is 8.07. The fourth-order valence-corrected chi connectivity index (χ4v) is 4.70. The highest BCUT2D eigenvalue weighted by Crippen LogP contribution is 2.37. The van der Waals surface area contributed by atoms with Crippen molar-refractivity contribution in [1.29, 1.82) is 0 Å². The Morgan fingerprint density at radius 2 is 1.74 bits per heavy atom. The molecular formula is C30H37F3N2O7. The summed E-state index contributed by atoms with van der Waals surface area (Å²) >= 11 is 0. The molecule has 0 bridgehead atoms. The number of carboxylic acids is 1. The summed E-state index contributed by atoms with van der Waals surface area (Å²) < 4.78 is 54.3. The van der Waals surface area contributed by atoms with E-state index in [4.69, 9.17) is 9.47 Å². The highest BCUT2D eigenvalue weighted by molar-refractivity contribution is 5.98. The van der Waals surface area contributed by atoms with Crippen LogP contribution in [0.1, 0.15) is 69.2 Å². The molecule has 1 N–H and O–H groups in total. The summed E-state index contributed by atoms with van der Waals surface area (Å²) in [5.41, 5.74) is 2.29. The van der Waals surface area contributed by atoms with Gasteiger partial charge in [0.15, 0.2) is 0 Å². The van der Waals surface area contributed by atoms with Crippen molar-refractivity contribution in [1.82, 2.24) is 4.90 Å². The molecule has 2 amide bonds. The number of hydrogen-bond acceptors (Lipinski definition) is 6. The molecule has 2 aromatic rings. The molecule has 1 unspecified atom stereocenters. The van der Waals surface area contributed by atoms with E-state index in [1.54, 1.807) is 58.9 Å². The molecule has 0 aromatic heterocycles. The number of carbonyl (C=O) groups excluding carboxylic acids is 2. The lowest BCUT2D eigenvalue weighted by molar-refractivity contribution is -0.275. The minimum Gasteiger partial charge on any atom is -0.489 e. The standard InChI is InChI=1S/C30H37F3N2O7/c1-17(2)20-9-8-19(14-25(20)41-30(31,32)33)16-40-24-11-10-22-21(18(24)3)12-13-35(22)26(36)15-23(27(37)38)34(7)28(39)42-29(4,5)6/h8-11,14,17,23H,12-13,15-16H2,1-7H3,(H,37,38). The molecule has 1 aliphatic rings. The van der Waals surface area contributed by atoms with Gasteiger partial charge in [0.1, 0.15) is 29.7 Å². The Labute approximate surface area is 243 Å². The maximum atomic E-state index is 13.2. The monoisotopic (exact) mass is 594 g/mol. The molecule has 1 atom stereocenters. The predicted octanol–water partition coefficient (Wildman–Crippen LogP) is 6.20. The Kier molecular flexibility index (Phi) is 9.69. The number of anilines is 1. The van der Waals surface area contributed by atoms with Gasteiger partial charge in [-0.15, -0.1) is 13.2 Å². The van der Waals surface area contributed by atoms with E-state index >= 15 is 0 Å². The molecule has 12 heteroatoms. The number of carbonyl (C=O) groups is 3. The molecule has 0 spiro atoms. The maximum Gasteiger partial charge on any atom is 0.573 e. The van der Waals surface area contributed by atoms with Crippen molar-refractivity contribution in [3.63, 3.8) is 0 Å². The van der Waals surface area contributed by atoms with Crippen LogP contribution in [0.2, 0.25) is 0 Å². The van der Waals surface area contributed by atoms with E-state index in [0.29, 0.717) is 35.5 Å². The van der Waals surface area contributed by atoms with Gasteiger partial charge in [-0.05, 0) is 80.5 Å². The molecule has 0 saturated carbocycles. The third-order valence-electron chi connectivity index (χ3n) is 6.82. The zero-order chi connectivity index (χ0) is 31.6. The van der Waals surface area contributed by atoms with E-state index in [2.05, 4.69) is 4.74 Å². The maximum absolute atomic E-state index is 13.2.